The molecule has 6 heteroatoms. The van der Waals surface area contributed by atoms with Crippen molar-refractivity contribution in [3.8, 4) is 0 Å². The number of fused-ring (bicyclic) bond motifs is 1. The van der Waals surface area contributed by atoms with E-state index in [1.165, 1.54) is 22.9 Å². The second-order valence-corrected chi connectivity index (χ2v) is 6.94. The van der Waals surface area contributed by atoms with Crippen LogP contribution in [0.1, 0.15) is 36.9 Å². The lowest BCUT2D eigenvalue weighted by Crippen LogP contribution is -2.36. The van der Waals surface area contributed by atoms with E-state index < -0.39 is 0 Å². The van der Waals surface area contributed by atoms with E-state index in [1.807, 2.05) is 24.6 Å². The molecule has 0 fully saturated rings. The highest BCUT2D eigenvalue weighted by atomic mass is 32.2. The lowest BCUT2D eigenvalue weighted by Gasteiger charge is -2.27. The van der Waals surface area contributed by atoms with Gasteiger partial charge < -0.3 is 9.88 Å². The van der Waals surface area contributed by atoms with E-state index in [-0.39, 0.29) is 17.2 Å². The zero-order chi connectivity index (χ0) is 15.5. The summed E-state index contributed by atoms with van der Waals surface area (Å²) >= 11 is 1.43. The number of carbonyl (C=O) groups is 1. The molecule has 0 unspecified atom stereocenters. The Balaban J connectivity index is 1.66. The molecule has 1 aliphatic rings. The van der Waals surface area contributed by atoms with Gasteiger partial charge in [0.15, 0.2) is 5.16 Å². The number of aromatic nitrogens is 3. The van der Waals surface area contributed by atoms with Gasteiger partial charge >= 0.3 is 0 Å². The van der Waals surface area contributed by atoms with Gasteiger partial charge in [0.05, 0.1) is 11.3 Å². The minimum absolute atomic E-state index is 0.0507. The average molecular weight is 316 g/mol. The maximum atomic E-state index is 12.5. The number of thioether (sulfide) groups is 1. The summed E-state index contributed by atoms with van der Waals surface area (Å²) in [4.78, 5) is 12.5. The first-order valence-electron chi connectivity index (χ1n) is 7.54. The maximum absolute atomic E-state index is 12.5. The first-order valence-corrected chi connectivity index (χ1v) is 8.42. The smallest absolute Gasteiger partial charge is 0.233 e. The Kier molecular flexibility index (Phi) is 4.47. The van der Waals surface area contributed by atoms with E-state index in [0.29, 0.717) is 0 Å². The summed E-state index contributed by atoms with van der Waals surface area (Å²) in [5.41, 5.74) is 2.62. The van der Waals surface area contributed by atoms with Gasteiger partial charge in [0.25, 0.3) is 0 Å². The van der Waals surface area contributed by atoms with Crippen molar-refractivity contribution in [2.45, 2.75) is 42.6 Å². The van der Waals surface area contributed by atoms with Gasteiger partial charge in [-0.05, 0) is 37.3 Å². The van der Waals surface area contributed by atoms with Crippen molar-refractivity contribution in [2.75, 3.05) is 0 Å². The summed E-state index contributed by atoms with van der Waals surface area (Å²) in [6.07, 6.45) is 4.87. The van der Waals surface area contributed by atoms with Crippen molar-refractivity contribution in [1.82, 2.24) is 20.1 Å². The molecule has 22 heavy (non-hydrogen) atoms. The largest absolute Gasteiger partial charge is 0.348 e. The van der Waals surface area contributed by atoms with Gasteiger partial charge in [-0.15, -0.1) is 10.2 Å². The highest BCUT2D eigenvalue weighted by Gasteiger charge is 2.24. The second-order valence-electron chi connectivity index (χ2n) is 5.64. The van der Waals surface area contributed by atoms with Gasteiger partial charge in [0.1, 0.15) is 6.33 Å². The third-order valence-electron chi connectivity index (χ3n) is 4.01. The van der Waals surface area contributed by atoms with Crippen LogP contribution in [0.15, 0.2) is 35.7 Å². The fraction of sp³-hybridized carbons (Fsp3) is 0.438. The van der Waals surface area contributed by atoms with Crippen LogP contribution in [0.5, 0.6) is 0 Å². The van der Waals surface area contributed by atoms with Crippen molar-refractivity contribution in [2.24, 2.45) is 7.05 Å². The number of carbonyl (C=O) groups excluding carboxylic acids is 1. The average Bonchev–Trinajstić information content (AvgIpc) is 2.93. The zero-order valence-electron chi connectivity index (χ0n) is 12.8. The summed E-state index contributed by atoms with van der Waals surface area (Å²) in [6, 6.07) is 8.52. The van der Waals surface area contributed by atoms with Crippen LogP contribution in [-0.4, -0.2) is 25.9 Å². The molecule has 1 aromatic carbocycles. The highest BCUT2D eigenvalue weighted by Crippen LogP contribution is 2.30. The number of hydrogen-bond acceptors (Lipinski definition) is 4. The van der Waals surface area contributed by atoms with E-state index in [2.05, 4.69) is 33.7 Å². The Bertz CT molecular complexity index is 670. The molecule has 116 valence electrons. The Morgan fingerprint density at radius 1 is 1.45 bits per heavy atom. The third-order valence-corrected chi connectivity index (χ3v) is 5.16. The second kappa shape index (κ2) is 6.52. The van der Waals surface area contributed by atoms with Crippen molar-refractivity contribution in [3.63, 3.8) is 0 Å². The van der Waals surface area contributed by atoms with Crippen molar-refractivity contribution in [1.29, 1.82) is 0 Å². The predicted molar refractivity (Wildman–Crippen MR) is 86.6 cm³/mol. The molecule has 1 N–H and O–H groups in total. The monoisotopic (exact) mass is 316 g/mol. The molecule has 0 radical (unpaired) electrons. The van der Waals surface area contributed by atoms with Crippen molar-refractivity contribution < 1.29 is 4.79 Å². The standard InChI is InChI=1S/C16H20N4OS/c1-11(22-16-19-17-10-20(16)2)15(21)18-14-9-5-7-12-6-3-4-8-13(12)14/h3-4,6,8,10-11,14H,5,7,9H2,1-2H3,(H,18,21)/t11-,14-/m0/s1. The lowest BCUT2D eigenvalue weighted by molar-refractivity contribution is -0.121. The molecule has 5 nitrogen and oxygen atoms in total. The van der Waals surface area contributed by atoms with E-state index in [1.54, 1.807) is 6.33 Å². The molecule has 1 aromatic heterocycles. The Labute approximate surface area is 134 Å². The zero-order valence-corrected chi connectivity index (χ0v) is 13.6. The van der Waals surface area contributed by atoms with Crippen LogP contribution in [0.2, 0.25) is 0 Å². The van der Waals surface area contributed by atoms with Crippen LogP contribution >= 0.6 is 11.8 Å². The predicted octanol–water partition coefficient (Wildman–Crippen LogP) is 2.49. The molecule has 0 aliphatic heterocycles. The molecule has 2 atom stereocenters. The van der Waals surface area contributed by atoms with Gasteiger partial charge in [-0.25, -0.2) is 0 Å². The van der Waals surface area contributed by atoms with Gasteiger partial charge in [0, 0.05) is 7.05 Å². The number of nitrogens with one attached hydrogen (secondary N) is 1. The first kappa shape index (κ1) is 15.1. The summed E-state index contributed by atoms with van der Waals surface area (Å²) < 4.78 is 1.82. The van der Waals surface area contributed by atoms with Gasteiger partial charge in [-0.1, -0.05) is 36.0 Å². The van der Waals surface area contributed by atoms with Crippen LogP contribution in [0.25, 0.3) is 0 Å². The number of hydrogen-bond donors (Lipinski definition) is 1. The summed E-state index contributed by atoms with van der Waals surface area (Å²) in [5.74, 6) is 0.0507. The number of nitrogens with zero attached hydrogens (tertiary/aromatic N) is 3. The van der Waals surface area contributed by atoms with Crippen LogP contribution in [0, 0.1) is 0 Å². The van der Waals surface area contributed by atoms with Crippen LogP contribution in [0.3, 0.4) is 0 Å². The maximum Gasteiger partial charge on any atom is 0.233 e. The summed E-state index contributed by atoms with van der Waals surface area (Å²) in [7, 11) is 1.88. The van der Waals surface area contributed by atoms with E-state index in [9.17, 15) is 4.79 Å². The molecule has 3 rings (SSSR count). The number of rotatable bonds is 4. The Morgan fingerprint density at radius 2 is 2.27 bits per heavy atom. The van der Waals surface area contributed by atoms with Gasteiger partial charge in [-0.2, -0.15) is 0 Å². The van der Waals surface area contributed by atoms with Crippen LogP contribution in [-0.2, 0) is 18.3 Å². The third kappa shape index (κ3) is 3.16. The fourth-order valence-electron chi connectivity index (χ4n) is 2.78. The van der Waals surface area contributed by atoms with Crippen LogP contribution in [0.4, 0.5) is 0 Å². The Hall–Kier alpha value is -1.82. The quantitative estimate of drug-likeness (QED) is 0.881. The molecule has 1 heterocycles. The number of amides is 1. The summed E-state index contributed by atoms with van der Waals surface area (Å²) in [6.45, 7) is 1.91. The highest BCUT2D eigenvalue weighted by molar-refractivity contribution is 8.00. The van der Waals surface area contributed by atoms with Crippen LogP contribution < -0.4 is 5.32 Å². The SMILES string of the molecule is C[C@H](Sc1nncn1C)C(=O)N[C@H]1CCCc2ccccc21. The van der Waals surface area contributed by atoms with E-state index in [4.69, 9.17) is 0 Å². The fourth-order valence-corrected chi connectivity index (χ4v) is 3.58. The molecule has 0 bridgehead atoms. The molecular formula is C16H20N4OS. The number of benzene rings is 1. The first-order chi connectivity index (χ1) is 10.6. The molecule has 2 aromatic rings. The summed E-state index contributed by atoms with van der Waals surface area (Å²) in [5, 5.41) is 11.6. The number of aryl methyl sites for hydroxylation is 2. The molecule has 1 aliphatic carbocycles. The van der Waals surface area contributed by atoms with Gasteiger partial charge in [0.2, 0.25) is 5.91 Å². The molecule has 1 amide bonds. The van der Waals surface area contributed by atoms with E-state index >= 15 is 0 Å². The van der Waals surface area contributed by atoms with E-state index in [0.717, 1.165) is 24.4 Å². The topological polar surface area (TPSA) is 59.8 Å². The molecule has 0 saturated heterocycles. The minimum atomic E-state index is -0.197. The molecule has 0 spiro atoms. The Morgan fingerprint density at radius 3 is 3.05 bits per heavy atom. The molecular weight excluding hydrogens is 296 g/mol. The van der Waals surface area contributed by atoms with Crippen molar-refractivity contribution >= 4 is 17.7 Å². The lowest BCUT2D eigenvalue weighted by atomic mass is 9.88. The normalized spacial score (nSPS) is 18.5. The minimum Gasteiger partial charge on any atom is -0.348 e. The van der Waals surface area contributed by atoms with Gasteiger partial charge in [-0.3, -0.25) is 4.79 Å². The van der Waals surface area contributed by atoms with Crippen molar-refractivity contribution in [3.05, 3.63) is 41.7 Å². The molecule has 0 saturated carbocycles.